The smallest absolute Gasteiger partial charge is 0.243 e. The van der Waals surface area contributed by atoms with Gasteiger partial charge < -0.3 is 5.32 Å². The molecule has 2 fully saturated rings. The molecule has 0 spiro atoms. The first-order chi connectivity index (χ1) is 11.9. The highest BCUT2D eigenvalue weighted by Gasteiger charge is 2.28. The zero-order valence-electron chi connectivity index (χ0n) is 14.1. The molecule has 0 bridgehead atoms. The Morgan fingerprint density at radius 3 is 2.52 bits per heavy atom. The Kier molecular flexibility index (Phi) is 5.79. The molecule has 1 aromatic rings. The highest BCUT2D eigenvalue weighted by Crippen LogP contribution is 2.23. The fraction of sp³-hybridized carbons (Fsp3) is 0.625. The molecule has 2 N–H and O–H groups in total. The lowest BCUT2D eigenvalue weighted by molar-refractivity contribution is 0.477. The quantitative estimate of drug-likeness (QED) is 0.720. The van der Waals surface area contributed by atoms with Crippen molar-refractivity contribution < 1.29 is 16.8 Å². The van der Waals surface area contributed by atoms with Crippen LogP contribution < -0.4 is 10.0 Å². The monoisotopic (exact) mass is 387 g/mol. The summed E-state index contributed by atoms with van der Waals surface area (Å²) in [5.41, 5.74) is 0. The first kappa shape index (κ1) is 18.8. The van der Waals surface area contributed by atoms with Gasteiger partial charge in [0.15, 0.2) is 0 Å². The first-order valence-corrected chi connectivity index (χ1v) is 11.6. The number of nitrogens with zero attached hydrogens (tertiary/aromatic N) is 1. The van der Waals surface area contributed by atoms with Crippen LogP contribution in [0, 0.1) is 5.92 Å². The van der Waals surface area contributed by atoms with Crippen LogP contribution in [-0.2, 0) is 20.0 Å². The fourth-order valence-electron chi connectivity index (χ4n) is 3.32. The van der Waals surface area contributed by atoms with Crippen LogP contribution in [0.15, 0.2) is 34.1 Å². The van der Waals surface area contributed by atoms with Crippen molar-refractivity contribution in [1.82, 2.24) is 14.3 Å². The third-order valence-electron chi connectivity index (χ3n) is 4.83. The molecule has 25 heavy (non-hydrogen) atoms. The van der Waals surface area contributed by atoms with E-state index in [-0.39, 0.29) is 9.79 Å². The average molecular weight is 388 g/mol. The number of rotatable bonds is 7. The van der Waals surface area contributed by atoms with Gasteiger partial charge in [0, 0.05) is 19.6 Å². The van der Waals surface area contributed by atoms with Gasteiger partial charge in [-0.3, -0.25) is 0 Å². The summed E-state index contributed by atoms with van der Waals surface area (Å²) in [5, 5.41) is 3.25. The Bertz CT molecular complexity index is 796. The van der Waals surface area contributed by atoms with Crippen molar-refractivity contribution in [2.45, 2.75) is 35.5 Å². The summed E-state index contributed by atoms with van der Waals surface area (Å²) in [5.74, 6) is 0.490. The van der Waals surface area contributed by atoms with Crippen molar-refractivity contribution in [3.63, 3.8) is 0 Å². The molecule has 7 nitrogen and oxygen atoms in total. The van der Waals surface area contributed by atoms with Gasteiger partial charge in [-0.15, -0.1) is 0 Å². The van der Waals surface area contributed by atoms with E-state index >= 15 is 0 Å². The van der Waals surface area contributed by atoms with E-state index in [2.05, 4.69) is 10.0 Å². The van der Waals surface area contributed by atoms with E-state index in [1.54, 1.807) is 0 Å². The molecule has 0 radical (unpaired) electrons. The topological polar surface area (TPSA) is 95.6 Å². The Labute approximate surface area is 149 Å². The Hall–Kier alpha value is -1.00. The maximum absolute atomic E-state index is 12.6. The van der Waals surface area contributed by atoms with Gasteiger partial charge in [-0.05, 0) is 62.9 Å². The van der Waals surface area contributed by atoms with Crippen LogP contribution in [0.1, 0.15) is 25.7 Å². The molecule has 1 unspecified atom stereocenters. The van der Waals surface area contributed by atoms with Gasteiger partial charge in [-0.25, -0.2) is 21.6 Å². The van der Waals surface area contributed by atoms with E-state index in [9.17, 15) is 16.8 Å². The minimum atomic E-state index is -3.71. The van der Waals surface area contributed by atoms with Crippen LogP contribution in [0.5, 0.6) is 0 Å². The number of nitrogens with one attached hydrogen (secondary N) is 2. The van der Waals surface area contributed by atoms with E-state index in [4.69, 9.17) is 0 Å². The van der Waals surface area contributed by atoms with Crippen LogP contribution >= 0.6 is 0 Å². The molecule has 9 heteroatoms. The van der Waals surface area contributed by atoms with Gasteiger partial charge in [0.25, 0.3) is 0 Å². The van der Waals surface area contributed by atoms with Crippen molar-refractivity contribution >= 4 is 20.0 Å². The second-order valence-corrected chi connectivity index (χ2v) is 10.3. The van der Waals surface area contributed by atoms with Gasteiger partial charge >= 0.3 is 0 Å². The van der Waals surface area contributed by atoms with Crippen molar-refractivity contribution in [3.8, 4) is 0 Å². The molecule has 1 aromatic carbocycles. The van der Waals surface area contributed by atoms with Crippen molar-refractivity contribution in [1.29, 1.82) is 0 Å². The second kappa shape index (κ2) is 7.71. The molecule has 2 aliphatic rings. The second-order valence-electron chi connectivity index (χ2n) is 6.63. The molecule has 2 heterocycles. The average Bonchev–Trinajstić information content (AvgIpc) is 3.29. The summed E-state index contributed by atoms with van der Waals surface area (Å²) in [6.07, 6.45) is 3.52. The highest BCUT2D eigenvalue weighted by atomic mass is 32.2. The molecular weight excluding hydrogens is 362 g/mol. The largest absolute Gasteiger partial charge is 0.316 e. The zero-order chi connectivity index (χ0) is 17.9. The lowest BCUT2D eigenvalue weighted by Crippen LogP contribution is -2.29. The Morgan fingerprint density at radius 1 is 1.12 bits per heavy atom. The first-order valence-electron chi connectivity index (χ1n) is 8.70. The van der Waals surface area contributed by atoms with E-state index in [1.165, 1.54) is 28.6 Å². The maximum atomic E-state index is 12.6. The lowest BCUT2D eigenvalue weighted by atomic mass is 10.1. The number of benzene rings is 1. The van der Waals surface area contributed by atoms with Gasteiger partial charge in [0.05, 0.1) is 9.79 Å². The molecular formula is C16H25N3O4S2. The van der Waals surface area contributed by atoms with Crippen molar-refractivity contribution in [2.75, 3.05) is 32.7 Å². The minimum Gasteiger partial charge on any atom is -0.316 e. The maximum Gasteiger partial charge on any atom is 0.243 e. The number of hydrogen-bond donors (Lipinski definition) is 2. The molecule has 2 aliphatic heterocycles. The summed E-state index contributed by atoms with van der Waals surface area (Å²) in [6.45, 7) is 3.25. The van der Waals surface area contributed by atoms with E-state index in [0.717, 1.165) is 38.8 Å². The SMILES string of the molecule is O=S(=O)(NCCC1CCNC1)c1cccc(S(=O)(=O)N2CCCC2)c1. The summed E-state index contributed by atoms with van der Waals surface area (Å²) in [6, 6.07) is 5.63. The van der Waals surface area contributed by atoms with Crippen LogP contribution in [-0.4, -0.2) is 53.9 Å². The Morgan fingerprint density at radius 2 is 1.84 bits per heavy atom. The summed E-state index contributed by atoms with van der Waals surface area (Å²) in [4.78, 5) is 0.0367. The molecule has 0 saturated carbocycles. The summed E-state index contributed by atoms with van der Waals surface area (Å²) < 4.78 is 54.2. The fourth-order valence-corrected chi connectivity index (χ4v) is 6.05. The molecule has 1 atom stereocenters. The van der Waals surface area contributed by atoms with Gasteiger partial charge in [-0.1, -0.05) is 6.07 Å². The van der Waals surface area contributed by atoms with Crippen LogP contribution in [0.25, 0.3) is 0 Å². The predicted octanol–water partition coefficient (Wildman–Crippen LogP) is 0.749. The minimum absolute atomic E-state index is 0.00248. The summed E-state index contributed by atoms with van der Waals surface area (Å²) >= 11 is 0. The summed E-state index contributed by atoms with van der Waals surface area (Å²) in [7, 11) is -7.33. The van der Waals surface area contributed by atoms with E-state index in [1.807, 2.05) is 0 Å². The van der Waals surface area contributed by atoms with Crippen LogP contribution in [0.4, 0.5) is 0 Å². The van der Waals surface area contributed by atoms with Crippen LogP contribution in [0.3, 0.4) is 0 Å². The van der Waals surface area contributed by atoms with Gasteiger partial charge in [0.1, 0.15) is 0 Å². The molecule has 0 aromatic heterocycles. The molecule has 140 valence electrons. The number of sulfonamides is 2. The predicted molar refractivity (Wildman–Crippen MR) is 95.2 cm³/mol. The third-order valence-corrected chi connectivity index (χ3v) is 8.18. The van der Waals surface area contributed by atoms with Crippen molar-refractivity contribution in [2.24, 2.45) is 5.92 Å². The van der Waals surface area contributed by atoms with Crippen LogP contribution in [0.2, 0.25) is 0 Å². The normalized spacial score (nSPS) is 22.5. The molecule has 3 rings (SSSR count). The van der Waals surface area contributed by atoms with Gasteiger partial charge in [-0.2, -0.15) is 4.31 Å². The molecule has 2 saturated heterocycles. The standard InChI is InChI=1S/C16H25N3O4S2/c20-24(21,18-9-7-14-6-8-17-13-14)15-4-3-5-16(12-15)25(22,23)19-10-1-2-11-19/h3-5,12,14,17-18H,1-2,6-11,13H2. The van der Waals surface area contributed by atoms with E-state index < -0.39 is 20.0 Å². The molecule has 0 amide bonds. The number of hydrogen-bond acceptors (Lipinski definition) is 5. The van der Waals surface area contributed by atoms with E-state index in [0.29, 0.717) is 25.6 Å². The van der Waals surface area contributed by atoms with Crippen molar-refractivity contribution in [3.05, 3.63) is 24.3 Å². The third kappa shape index (κ3) is 4.40. The van der Waals surface area contributed by atoms with Gasteiger partial charge in [0.2, 0.25) is 20.0 Å². The lowest BCUT2D eigenvalue weighted by Gasteiger charge is -2.16. The highest BCUT2D eigenvalue weighted by molar-refractivity contribution is 7.90. The zero-order valence-corrected chi connectivity index (χ0v) is 15.8. The Balaban J connectivity index is 1.71. The molecule has 0 aliphatic carbocycles.